The molecule has 0 N–H and O–H groups in total. The van der Waals surface area contributed by atoms with Crippen molar-refractivity contribution in [3.8, 4) is 11.3 Å². The van der Waals surface area contributed by atoms with E-state index in [0.29, 0.717) is 22.1 Å². The lowest BCUT2D eigenvalue weighted by Crippen LogP contribution is -1.92. The minimum atomic E-state index is -0.0543. The van der Waals surface area contributed by atoms with Crippen molar-refractivity contribution in [3.63, 3.8) is 0 Å². The van der Waals surface area contributed by atoms with Gasteiger partial charge >= 0.3 is 0 Å². The molecule has 0 spiro atoms. The van der Waals surface area contributed by atoms with Crippen molar-refractivity contribution in [1.82, 2.24) is 0 Å². The van der Waals surface area contributed by atoms with Crippen LogP contribution in [0.25, 0.3) is 17.4 Å². The first-order chi connectivity index (χ1) is 10.7. The first kappa shape index (κ1) is 14.4. The van der Waals surface area contributed by atoms with Crippen molar-refractivity contribution >= 4 is 23.5 Å². The molecule has 2 aromatic carbocycles. The van der Waals surface area contributed by atoms with E-state index in [-0.39, 0.29) is 5.78 Å². The van der Waals surface area contributed by atoms with Crippen LogP contribution in [0.1, 0.15) is 16.1 Å². The molecule has 108 valence electrons. The van der Waals surface area contributed by atoms with Gasteiger partial charge in [0.05, 0.1) is 0 Å². The Hall–Kier alpha value is -2.58. The topological polar surface area (TPSA) is 30.2 Å². The van der Waals surface area contributed by atoms with Crippen molar-refractivity contribution in [2.24, 2.45) is 0 Å². The van der Waals surface area contributed by atoms with Crippen LogP contribution in [0.2, 0.25) is 5.02 Å². The van der Waals surface area contributed by atoms with E-state index in [4.69, 9.17) is 16.0 Å². The van der Waals surface area contributed by atoms with Gasteiger partial charge in [-0.1, -0.05) is 54.1 Å². The van der Waals surface area contributed by atoms with Gasteiger partial charge in [0.15, 0.2) is 5.78 Å². The van der Waals surface area contributed by atoms with E-state index >= 15 is 0 Å². The second-order valence-corrected chi connectivity index (χ2v) is 5.21. The van der Waals surface area contributed by atoms with Gasteiger partial charge in [0.25, 0.3) is 0 Å². The van der Waals surface area contributed by atoms with Gasteiger partial charge in [-0.15, -0.1) is 0 Å². The van der Waals surface area contributed by atoms with E-state index < -0.39 is 0 Å². The molecule has 0 bridgehead atoms. The maximum Gasteiger partial charge on any atom is 0.185 e. The molecule has 0 fully saturated rings. The fourth-order valence-corrected chi connectivity index (χ4v) is 2.29. The predicted octanol–water partition coefficient (Wildman–Crippen LogP) is 5.50. The SMILES string of the molecule is O=C(C=Cc1ccc(-c2cccc(Cl)c2)o1)c1ccccc1. The van der Waals surface area contributed by atoms with Gasteiger partial charge in [0, 0.05) is 16.1 Å². The second-order valence-electron chi connectivity index (χ2n) is 4.78. The van der Waals surface area contributed by atoms with E-state index in [1.165, 1.54) is 6.08 Å². The highest BCUT2D eigenvalue weighted by atomic mass is 35.5. The molecule has 1 heterocycles. The molecule has 3 aromatic rings. The summed E-state index contributed by atoms with van der Waals surface area (Å²) in [5, 5.41) is 0.658. The molecule has 3 heteroatoms. The molecular weight excluding hydrogens is 296 g/mol. The van der Waals surface area contributed by atoms with Crippen LogP contribution in [0.15, 0.2) is 77.2 Å². The summed E-state index contributed by atoms with van der Waals surface area (Å²) < 4.78 is 5.71. The molecule has 22 heavy (non-hydrogen) atoms. The second kappa shape index (κ2) is 6.46. The fraction of sp³-hybridized carbons (Fsp3) is 0. The maximum absolute atomic E-state index is 12.0. The average Bonchev–Trinajstić information content (AvgIpc) is 3.02. The van der Waals surface area contributed by atoms with Gasteiger partial charge in [-0.05, 0) is 36.4 Å². The smallest absolute Gasteiger partial charge is 0.185 e. The number of hydrogen-bond acceptors (Lipinski definition) is 2. The minimum Gasteiger partial charge on any atom is -0.457 e. The molecule has 1 aromatic heterocycles. The van der Waals surface area contributed by atoms with E-state index in [9.17, 15) is 4.79 Å². The molecule has 0 aliphatic carbocycles. The number of halogens is 1. The largest absolute Gasteiger partial charge is 0.457 e. The Morgan fingerprint density at radius 1 is 0.955 bits per heavy atom. The van der Waals surface area contributed by atoms with Crippen LogP contribution in [0.5, 0.6) is 0 Å². The first-order valence-electron chi connectivity index (χ1n) is 6.85. The fourth-order valence-electron chi connectivity index (χ4n) is 2.10. The van der Waals surface area contributed by atoms with Crippen molar-refractivity contribution in [3.05, 3.63) is 89.2 Å². The van der Waals surface area contributed by atoms with Gasteiger partial charge in [0.1, 0.15) is 11.5 Å². The summed E-state index contributed by atoms with van der Waals surface area (Å²) in [7, 11) is 0. The highest BCUT2D eigenvalue weighted by Crippen LogP contribution is 2.25. The van der Waals surface area contributed by atoms with Crippen molar-refractivity contribution in [1.29, 1.82) is 0 Å². The lowest BCUT2D eigenvalue weighted by atomic mass is 10.1. The Bertz CT molecular complexity index is 816. The Morgan fingerprint density at radius 2 is 1.77 bits per heavy atom. The van der Waals surface area contributed by atoms with Crippen molar-refractivity contribution in [2.45, 2.75) is 0 Å². The van der Waals surface area contributed by atoms with Crippen molar-refractivity contribution < 1.29 is 9.21 Å². The van der Waals surface area contributed by atoms with E-state index in [2.05, 4.69) is 0 Å². The molecular formula is C19H13ClO2. The van der Waals surface area contributed by atoms with E-state index in [1.807, 2.05) is 54.6 Å². The molecule has 0 amide bonds. The molecule has 0 aliphatic rings. The van der Waals surface area contributed by atoms with Crippen LogP contribution in [-0.2, 0) is 0 Å². The normalized spacial score (nSPS) is 11.0. The zero-order valence-corrected chi connectivity index (χ0v) is 12.5. The van der Waals surface area contributed by atoms with Crippen LogP contribution in [0, 0.1) is 0 Å². The van der Waals surface area contributed by atoms with Crippen LogP contribution < -0.4 is 0 Å². The third-order valence-electron chi connectivity index (χ3n) is 3.19. The standard InChI is InChI=1S/C19H13ClO2/c20-16-8-4-7-15(13-16)19-12-10-17(22-19)9-11-18(21)14-5-2-1-3-6-14/h1-13H. The number of allylic oxidation sites excluding steroid dienone is 1. The Labute approximate surface area is 133 Å². The summed E-state index contributed by atoms with van der Waals surface area (Å²) in [5.74, 6) is 1.29. The van der Waals surface area contributed by atoms with Crippen LogP contribution in [0.4, 0.5) is 0 Å². The quantitative estimate of drug-likeness (QED) is 0.471. The summed E-state index contributed by atoms with van der Waals surface area (Å²) in [5.41, 5.74) is 1.56. The van der Waals surface area contributed by atoms with Gasteiger partial charge in [-0.2, -0.15) is 0 Å². The number of carbonyl (C=O) groups is 1. The molecule has 0 atom stereocenters. The molecule has 0 saturated heterocycles. The monoisotopic (exact) mass is 308 g/mol. The summed E-state index contributed by atoms with van der Waals surface area (Å²) in [4.78, 5) is 12.0. The number of ketones is 1. The van der Waals surface area contributed by atoms with Crippen LogP contribution in [-0.4, -0.2) is 5.78 Å². The lowest BCUT2D eigenvalue weighted by Gasteiger charge is -1.97. The number of hydrogen-bond donors (Lipinski definition) is 0. The zero-order valence-electron chi connectivity index (χ0n) is 11.7. The maximum atomic E-state index is 12.0. The van der Waals surface area contributed by atoms with Crippen LogP contribution in [0.3, 0.4) is 0 Å². The van der Waals surface area contributed by atoms with E-state index in [1.54, 1.807) is 18.2 Å². The summed E-state index contributed by atoms with van der Waals surface area (Å²) >= 11 is 5.97. The summed E-state index contributed by atoms with van der Waals surface area (Å²) in [6.07, 6.45) is 3.18. The molecule has 0 radical (unpaired) electrons. The Balaban J connectivity index is 1.77. The Kier molecular flexibility index (Phi) is 4.22. The average molecular weight is 309 g/mol. The highest BCUT2D eigenvalue weighted by Gasteiger charge is 2.05. The van der Waals surface area contributed by atoms with Gasteiger partial charge in [-0.3, -0.25) is 4.79 Å². The third-order valence-corrected chi connectivity index (χ3v) is 3.43. The van der Waals surface area contributed by atoms with Crippen LogP contribution >= 0.6 is 11.6 Å². The number of rotatable bonds is 4. The van der Waals surface area contributed by atoms with E-state index in [0.717, 1.165) is 5.56 Å². The Morgan fingerprint density at radius 3 is 2.55 bits per heavy atom. The predicted molar refractivity (Wildman–Crippen MR) is 89.0 cm³/mol. The molecule has 0 unspecified atom stereocenters. The molecule has 0 saturated carbocycles. The van der Waals surface area contributed by atoms with Crippen molar-refractivity contribution in [2.75, 3.05) is 0 Å². The minimum absolute atomic E-state index is 0.0543. The van der Waals surface area contributed by atoms with Gasteiger partial charge < -0.3 is 4.42 Å². The summed E-state index contributed by atoms with van der Waals surface area (Å²) in [6.45, 7) is 0. The molecule has 3 rings (SSSR count). The third kappa shape index (κ3) is 3.35. The lowest BCUT2D eigenvalue weighted by molar-refractivity contribution is 0.104. The number of carbonyl (C=O) groups excluding carboxylic acids is 1. The zero-order chi connectivity index (χ0) is 15.4. The highest BCUT2D eigenvalue weighted by molar-refractivity contribution is 6.30. The number of benzene rings is 2. The first-order valence-corrected chi connectivity index (χ1v) is 7.23. The number of furan rings is 1. The molecule has 0 aliphatic heterocycles. The molecule has 2 nitrogen and oxygen atoms in total. The van der Waals surface area contributed by atoms with Gasteiger partial charge in [0.2, 0.25) is 0 Å². The van der Waals surface area contributed by atoms with Gasteiger partial charge in [-0.25, -0.2) is 0 Å². The summed E-state index contributed by atoms with van der Waals surface area (Å²) in [6, 6.07) is 20.3.